The highest BCUT2D eigenvalue weighted by molar-refractivity contribution is 6.37. The predicted molar refractivity (Wildman–Crippen MR) is 68.4 cm³/mol. The lowest BCUT2D eigenvalue weighted by molar-refractivity contribution is -0.129. The molecule has 0 spiro atoms. The molecule has 1 aromatic rings. The number of carboxylic acid groups (broad SMARTS) is 1. The van der Waals surface area contributed by atoms with Gasteiger partial charge in [-0.15, -0.1) is 0 Å². The highest BCUT2D eigenvalue weighted by atomic mass is 16.4. The van der Waals surface area contributed by atoms with Crippen LogP contribution in [0.25, 0.3) is 0 Å². The molecule has 0 aliphatic carbocycles. The average Bonchev–Trinajstić information content (AvgIpc) is 2.28. The summed E-state index contributed by atoms with van der Waals surface area (Å²) in [5.74, 6) is -1.57. The van der Waals surface area contributed by atoms with Crippen molar-refractivity contribution in [3.05, 3.63) is 35.9 Å². The fourth-order valence-electron chi connectivity index (χ4n) is 1.30. The Bertz CT molecular complexity index is 473. The molecular formula is C13H16N2O3. The van der Waals surface area contributed by atoms with Crippen LogP contribution in [0.3, 0.4) is 0 Å². The summed E-state index contributed by atoms with van der Waals surface area (Å²) in [6.45, 7) is 5.15. The lowest BCUT2D eigenvalue weighted by Crippen LogP contribution is -2.32. The van der Waals surface area contributed by atoms with Crippen LogP contribution >= 0.6 is 0 Å². The van der Waals surface area contributed by atoms with Crippen molar-refractivity contribution in [2.24, 2.45) is 10.5 Å². The van der Waals surface area contributed by atoms with Gasteiger partial charge in [0.15, 0.2) is 5.71 Å². The van der Waals surface area contributed by atoms with Crippen LogP contribution in [0, 0.1) is 5.41 Å². The Balaban J connectivity index is 2.85. The second-order valence-electron chi connectivity index (χ2n) is 4.82. The van der Waals surface area contributed by atoms with Gasteiger partial charge in [0.25, 0.3) is 5.91 Å². The third kappa shape index (κ3) is 3.69. The van der Waals surface area contributed by atoms with E-state index < -0.39 is 17.3 Å². The van der Waals surface area contributed by atoms with Crippen LogP contribution in [-0.2, 0) is 4.79 Å². The Morgan fingerprint density at radius 1 is 1.17 bits per heavy atom. The van der Waals surface area contributed by atoms with Crippen LogP contribution < -0.4 is 5.43 Å². The number of rotatable bonds is 3. The van der Waals surface area contributed by atoms with Crippen molar-refractivity contribution in [2.75, 3.05) is 0 Å². The standard InChI is InChI=1S/C13H16N2O3/c1-13(2,3)10(12(17)18)14-15-11(16)9-7-5-4-6-8-9/h4-8H,1-3H3,(H,15,16)(H,17,18)/b14-10-. The number of hydrogen-bond acceptors (Lipinski definition) is 3. The zero-order valence-corrected chi connectivity index (χ0v) is 10.6. The fraction of sp³-hybridized carbons (Fsp3) is 0.308. The van der Waals surface area contributed by atoms with Gasteiger partial charge in [-0.2, -0.15) is 5.10 Å². The molecule has 0 saturated carbocycles. The van der Waals surface area contributed by atoms with Crippen LogP contribution in [0.2, 0.25) is 0 Å². The van der Waals surface area contributed by atoms with Gasteiger partial charge in [-0.1, -0.05) is 39.0 Å². The van der Waals surface area contributed by atoms with Gasteiger partial charge in [-0.3, -0.25) is 4.79 Å². The number of aliphatic carboxylic acids is 1. The highest BCUT2D eigenvalue weighted by Gasteiger charge is 2.26. The van der Waals surface area contributed by atoms with E-state index in [4.69, 9.17) is 5.11 Å². The summed E-state index contributed by atoms with van der Waals surface area (Å²) in [5, 5.41) is 12.7. The van der Waals surface area contributed by atoms with E-state index in [1.165, 1.54) is 0 Å². The van der Waals surface area contributed by atoms with Gasteiger partial charge in [0.05, 0.1) is 0 Å². The van der Waals surface area contributed by atoms with Crippen molar-refractivity contribution in [3.63, 3.8) is 0 Å². The minimum Gasteiger partial charge on any atom is -0.477 e. The Morgan fingerprint density at radius 3 is 2.17 bits per heavy atom. The molecule has 0 atom stereocenters. The molecule has 18 heavy (non-hydrogen) atoms. The molecule has 5 nitrogen and oxygen atoms in total. The number of amides is 1. The lowest BCUT2D eigenvalue weighted by atomic mass is 9.90. The normalized spacial score (nSPS) is 12.1. The van der Waals surface area contributed by atoms with E-state index in [2.05, 4.69) is 10.5 Å². The number of carbonyl (C=O) groups excluding carboxylic acids is 1. The zero-order valence-electron chi connectivity index (χ0n) is 10.6. The number of benzene rings is 1. The first-order chi connectivity index (χ1) is 8.32. The van der Waals surface area contributed by atoms with E-state index >= 15 is 0 Å². The molecule has 0 fully saturated rings. The first-order valence-electron chi connectivity index (χ1n) is 5.49. The Kier molecular flexibility index (Phi) is 4.20. The monoisotopic (exact) mass is 248 g/mol. The molecular weight excluding hydrogens is 232 g/mol. The summed E-state index contributed by atoms with van der Waals surface area (Å²) < 4.78 is 0. The SMILES string of the molecule is CC(C)(C)/C(=N\NC(=O)c1ccccc1)C(=O)O. The van der Waals surface area contributed by atoms with Crippen molar-refractivity contribution in [1.82, 2.24) is 5.43 Å². The number of carbonyl (C=O) groups is 2. The molecule has 0 radical (unpaired) electrons. The third-order valence-corrected chi connectivity index (χ3v) is 2.22. The molecule has 0 unspecified atom stereocenters. The van der Waals surface area contributed by atoms with Gasteiger partial charge in [0, 0.05) is 11.0 Å². The van der Waals surface area contributed by atoms with Crippen molar-refractivity contribution in [3.8, 4) is 0 Å². The number of hydrazone groups is 1. The molecule has 96 valence electrons. The van der Waals surface area contributed by atoms with Crippen LogP contribution in [0.4, 0.5) is 0 Å². The first kappa shape index (κ1) is 13.9. The fourth-order valence-corrected chi connectivity index (χ4v) is 1.30. The number of hydrogen-bond donors (Lipinski definition) is 2. The van der Waals surface area contributed by atoms with E-state index in [1.807, 2.05) is 0 Å². The second kappa shape index (κ2) is 5.44. The molecule has 1 aromatic carbocycles. The average molecular weight is 248 g/mol. The highest BCUT2D eigenvalue weighted by Crippen LogP contribution is 2.15. The van der Waals surface area contributed by atoms with E-state index in [-0.39, 0.29) is 5.71 Å². The maximum atomic E-state index is 11.7. The van der Waals surface area contributed by atoms with E-state index in [1.54, 1.807) is 51.1 Å². The summed E-state index contributed by atoms with van der Waals surface area (Å²) in [7, 11) is 0. The number of nitrogens with zero attached hydrogens (tertiary/aromatic N) is 1. The Hall–Kier alpha value is -2.17. The van der Waals surface area contributed by atoms with Gasteiger partial charge < -0.3 is 5.11 Å². The maximum absolute atomic E-state index is 11.7. The molecule has 0 aromatic heterocycles. The van der Waals surface area contributed by atoms with Crippen LogP contribution in [0.5, 0.6) is 0 Å². The smallest absolute Gasteiger partial charge is 0.352 e. The number of nitrogens with one attached hydrogen (secondary N) is 1. The van der Waals surface area contributed by atoms with Gasteiger partial charge in [-0.25, -0.2) is 10.2 Å². The minimum atomic E-state index is -1.14. The van der Waals surface area contributed by atoms with Crippen LogP contribution in [0.1, 0.15) is 31.1 Å². The largest absolute Gasteiger partial charge is 0.477 e. The Labute approximate surface area is 106 Å². The molecule has 0 aliphatic rings. The first-order valence-corrected chi connectivity index (χ1v) is 5.49. The van der Waals surface area contributed by atoms with Crippen molar-refractivity contribution >= 4 is 17.6 Å². The molecule has 1 amide bonds. The molecule has 5 heteroatoms. The molecule has 0 saturated heterocycles. The second-order valence-corrected chi connectivity index (χ2v) is 4.82. The third-order valence-electron chi connectivity index (χ3n) is 2.22. The van der Waals surface area contributed by atoms with Crippen LogP contribution in [-0.4, -0.2) is 22.7 Å². The molecule has 1 rings (SSSR count). The van der Waals surface area contributed by atoms with E-state index in [0.717, 1.165) is 0 Å². The van der Waals surface area contributed by atoms with Crippen molar-refractivity contribution in [2.45, 2.75) is 20.8 Å². The van der Waals surface area contributed by atoms with Crippen molar-refractivity contribution in [1.29, 1.82) is 0 Å². The molecule has 0 bridgehead atoms. The van der Waals surface area contributed by atoms with Crippen molar-refractivity contribution < 1.29 is 14.7 Å². The van der Waals surface area contributed by atoms with Gasteiger partial charge in [-0.05, 0) is 12.1 Å². The number of carboxylic acids is 1. The summed E-state index contributed by atoms with van der Waals surface area (Å²) in [6, 6.07) is 8.49. The predicted octanol–water partition coefficient (Wildman–Crippen LogP) is 1.90. The zero-order chi connectivity index (χ0) is 13.8. The van der Waals surface area contributed by atoms with E-state index in [9.17, 15) is 9.59 Å². The summed E-state index contributed by atoms with van der Waals surface area (Å²) in [5.41, 5.74) is 1.95. The summed E-state index contributed by atoms with van der Waals surface area (Å²) in [4.78, 5) is 22.7. The van der Waals surface area contributed by atoms with Gasteiger partial charge in [0.1, 0.15) is 0 Å². The van der Waals surface area contributed by atoms with Gasteiger partial charge >= 0.3 is 5.97 Å². The van der Waals surface area contributed by atoms with E-state index in [0.29, 0.717) is 5.56 Å². The Morgan fingerprint density at radius 2 is 1.72 bits per heavy atom. The maximum Gasteiger partial charge on any atom is 0.352 e. The molecule has 0 heterocycles. The van der Waals surface area contributed by atoms with Gasteiger partial charge in [0.2, 0.25) is 0 Å². The lowest BCUT2D eigenvalue weighted by Gasteiger charge is -2.17. The summed E-state index contributed by atoms with van der Waals surface area (Å²) in [6.07, 6.45) is 0. The molecule has 2 N–H and O–H groups in total. The minimum absolute atomic E-state index is 0.0909. The van der Waals surface area contributed by atoms with Crippen LogP contribution in [0.15, 0.2) is 35.4 Å². The quantitative estimate of drug-likeness (QED) is 0.633. The summed E-state index contributed by atoms with van der Waals surface area (Å²) >= 11 is 0. The topological polar surface area (TPSA) is 78.8 Å². The molecule has 0 aliphatic heterocycles.